The maximum Gasteiger partial charge on any atom is 0.261 e. The van der Waals surface area contributed by atoms with Crippen LogP contribution in [0, 0.1) is 0 Å². The molecule has 2 aliphatic rings. The van der Waals surface area contributed by atoms with Crippen LogP contribution in [0.5, 0.6) is 0 Å². The maximum atomic E-state index is 12.8. The topological polar surface area (TPSA) is 91.8 Å². The van der Waals surface area contributed by atoms with Gasteiger partial charge in [-0.05, 0) is 36.6 Å². The number of carbonyl (C=O) groups excluding carboxylic acids is 3. The van der Waals surface area contributed by atoms with Gasteiger partial charge in [0.1, 0.15) is 0 Å². The molecule has 0 bridgehead atoms. The molecule has 1 atom stereocenters. The highest BCUT2D eigenvalue weighted by Crippen LogP contribution is 2.34. The fraction of sp³-hybridized carbons (Fsp3) is 0.348. The van der Waals surface area contributed by atoms with E-state index in [0.29, 0.717) is 34.7 Å². The van der Waals surface area contributed by atoms with Gasteiger partial charge >= 0.3 is 0 Å². The smallest absolute Gasteiger partial charge is 0.261 e. The molecule has 0 spiro atoms. The molecule has 0 aromatic heterocycles. The Hall–Kier alpha value is -2.71. The van der Waals surface area contributed by atoms with Gasteiger partial charge in [0.15, 0.2) is 9.84 Å². The van der Waals surface area contributed by atoms with E-state index in [9.17, 15) is 22.8 Å². The molecule has 9 heteroatoms. The highest BCUT2D eigenvalue weighted by molar-refractivity contribution is 7.91. The van der Waals surface area contributed by atoms with Crippen molar-refractivity contribution in [3.8, 4) is 0 Å². The van der Waals surface area contributed by atoms with Gasteiger partial charge in [-0.1, -0.05) is 41.9 Å². The third-order valence-electron chi connectivity index (χ3n) is 6.00. The van der Waals surface area contributed by atoms with Crippen molar-refractivity contribution < 1.29 is 22.8 Å². The van der Waals surface area contributed by atoms with Gasteiger partial charge in [-0.15, -0.1) is 0 Å². The van der Waals surface area contributed by atoms with Crippen LogP contribution in [0.1, 0.15) is 50.8 Å². The Balaban J connectivity index is 1.35. The number of hydrogen-bond acceptors (Lipinski definition) is 5. The van der Waals surface area contributed by atoms with Crippen molar-refractivity contribution in [2.24, 2.45) is 0 Å². The van der Waals surface area contributed by atoms with Gasteiger partial charge in [0.2, 0.25) is 5.91 Å². The molecule has 168 valence electrons. The molecule has 1 unspecified atom stereocenters. The molecular formula is C23H23ClN2O5S. The van der Waals surface area contributed by atoms with E-state index in [1.54, 1.807) is 53.4 Å². The Kier molecular flexibility index (Phi) is 6.35. The van der Waals surface area contributed by atoms with Crippen LogP contribution in [-0.2, 0) is 14.6 Å². The third-order valence-corrected chi connectivity index (χ3v) is 8.45. The van der Waals surface area contributed by atoms with Gasteiger partial charge in [-0.25, -0.2) is 8.42 Å². The summed E-state index contributed by atoms with van der Waals surface area (Å²) in [5.74, 6) is -1.01. The summed E-state index contributed by atoms with van der Waals surface area (Å²) in [6.45, 7) is 0.572. The van der Waals surface area contributed by atoms with Gasteiger partial charge in [0.05, 0.1) is 22.1 Å². The molecule has 2 heterocycles. The van der Waals surface area contributed by atoms with Crippen LogP contribution in [0.3, 0.4) is 0 Å². The number of amides is 3. The quantitative estimate of drug-likeness (QED) is 0.621. The van der Waals surface area contributed by atoms with E-state index in [4.69, 9.17) is 11.6 Å². The molecule has 2 aromatic carbocycles. The second kappa shape index (κ2) is 9.03. The molecule has 7 nitrogen and oxygen atoms in total. The molecular weight excluding hydrogens is 452 g/mol. The van der Waals surface area contributed by atoms with Crippen LogP contribution in [0.15, 0.2) is 48.5 Å². The Bertz CT molecular complexity index is 1150. The molecule has 0 N–H and O–H groups in total. The number of nitrogens with zero attached hydrogens (tertiary/aromatic N) is 2. The summed E-state index contributed by atoms with van der Waals surface area (Å²) in [4.78, 5) is 40.3. The average Bonchev–Trinajstić information content (AvgIpc) is 2.91. The molecule has 1 saturated heterocycles. The van der Waals surface area contributed by atoms with Crippen LogP contribution in [-0.4, -0.2) is 61.3 Å². The number of imide groups is 1. The molecule has 0 saturated carbocycles. The van der Waals surface area contributed by atoms with Crippen LogP contribution >= 0.6 is 11.6 Å². The zero-order chi connectivity index (χ0) is 22.9. The summed E-state index contributed by atoms with van der Waals surface area (Å²) in [7, 11) is -3.46. The molecule has 1 fully saturated rings. The van der Waals surface area contributed by atoms with Gasteiger partial charge in [-0.3, -0.25) is 19.3 Å². The van der Waals surface area contributed by atoms with Crippen molar-refractivity contribution in [3.63, 3.8) is 0 Å². The molecule has 0 aliphatic carbocycles. The predicted octanol–water partition coefficient (Wildman–Crippen LogP) is 3.10. The van der Waals surface area contributed by atoms with Crippen molar-refractivity contribution in [3.05, 3.63) is 70.2 Å². The molecule has 2 aliphatic heterocycles. The van der Waals surface area contributed by atoms with Gasteiger partial charge in [0, 0.05) is 31.1 Å². The first-order valence-electron chi connectivity index (χ1n) is 10.5. The van der Waals surface area contributed by atoms with Gasteiger partial charge in [0.25, 0.3) is 11.8 Å². The number of rotatable bonds is 5. The van der Waals surface area contributed by atoms with E-state index in [1.165, 1.54) is 0 Å². The SMILES string of the molecule is O=C(CCCN1C(=O)c2ccccc2C1=O)N1CCC(c2ccccc2Cl)S(=O)(=O)CC1. The Morgan fingerprint density at radius 3 is 2.25 bits per heavy atom. The Labute approximate surface area is 191 Å². The largest absolute Gasteiger partial charge is 0.342 e. The van der Waals surface area contributed by atoms with Crippen molar-refractivity contribution in [1.82, 2.24) is 9.80 Å². The predicted molar refractivity (Wildman–Crippen MR) is 120 cm³/mol. The van der Waals surface area contributed by atoms with Crippen LogP contribution in [0.4, 0.5) is 0 Å². The van der Waals surface area contributed by atoms with Crippen molar-refractivity contribution in [2.45, 2.75) is 24.5 Å². The lowest BCUT2D eigenvalue weighted by Crippen LogP contribution is -2.35. The lowest BCUT2D eigenvalue weighted by Gasteiger charge is -2.21. The van der Waals surface area contributed by atoms with Gasteiger partial charge < -0.3 is 4.90 Å². The number of halogens is 1. The van der Waals surface area contributed by atoms with Crippen LogP contribution < -0.4 is 0 Å². The van der Waals surface area contributed by atoms with E-state index >= 15 is 0 Å². The van der Waals surface area contributed by atoms with E-state index in [1.807, 2.05) is 0 Å². The third kappa shape index (κ3) is 4.29. The lowest BCUT2D eigenvalue weighted by molar-refractivity contribution is -0.131. The number of sulfone groups is 1. The normalized spacial score (nSPS) is 20.2. The van der Waals surface area contributed by atoms with E-state index in [-0.39, 0.29) is 49.4 Å². The second-order valence-corrected chi connectivity index (χ2v) is 10.7. The number of fused-ring (bicyclic) bond motifs is 1. The molecule has 2 aromatic rings. The fourth-order valence-corrected chi connectivity index (χ4v) is 6.42. The standard InChI is InChI=1S/C23H23ClN2O5S/c24-19-9-4-3-8-18(19)20-11-13-25(14-15-32(20,30)31)21(27)10-5-12-26-22(28)16-6-1-2-7-17(16)23(26)29/h1-4,6-9,20H,5,10-15H2. The maximum absolute atomic E-state index is 12.8. The average molecular weight is 475 g/mol. The highest BCUT2D eigenvalue weighted by atomic mass is 35.5. The van der Waals surface area contributed by atoms with Crippen molar-refractivity contribution >= 4 is 39.2 Å². The summed E-state index contributed by atoms with van der Waals surface area (Å²) in [6.07, 6.45) is 0.724. The van der Waals surface area contributed by atoms with Gasteiger partial charge in [-0.2, -0.15) is 0 Å². The highest BCUT2D eigenvalue weighted by Gasteiger charge is 2.36. The fourth-order valence-electron chi connectivity index (χ4n) is 4.27. The van der Waals surface area contributed by atoms with E-state index in [2.05, 4.69) is 0 Å². The Morgan fingerprint density at radius 1 is 0.969 bits per heavy atom. The lowest BCUT2D eigenvalue weighted by atomic mass is 10.1. The van der Waals surface area contributed by atoms with Crippen molar-refractivity contribution in [1.29, 1.82) is 0 Å². The zero-order valence-corrected chi connectivity index (χ0v) is 18.9. The minimum absolute atomic E-state index is 0.120. The summed E-state index contributed by atoms with van der Waals surface area (Å²) < 4.78 is 25.6. The number of carbonyl (C=O) groups is 3. The molecule has 3 amide bonds. The summed E-state index contributed by atoms with van der Waals surface area (Å²) in [5.41, 5.74) is 1.33. The summed E-state index contributed by atoms with van der Waals surface area (Å²) >= 11 is 6.22. The number of benzene rings is 2. The first kappa shape index (κ1) is 22.5. The summed E-state index contributed by atoms with van der Waals surface area (Å²) in [5, 5.41) is -0.339. The molecule has 32 heavy (non-hydrogen) atoms. The minimum atomic E-state index is -3.46. The van der Waals surface area contributed by atoms with Crippen LogP contribution in [0.2, 0.25) is 5.02 Å². The van der Waals surface area contributed by atoms with E-state index in [0.717, 1.165) is 4.90 Å². The Morgan fingerprint density at radius 2 is 1.59 bits per heavy atom. The van der Waals surface area contributed by atoms with Crippen LogP contribution in [0.25, 0.3) is 0 Å². The van der Waals surface area contributed by atoms with E-state index < -0.39 is 15.1 Å². The molecule has 0 radical (unpaired) electrons. The first-order chi connectivity index (χ1) is 15.3. The number of hydrogen-bond donors (Lipinski definition) is 0. The monoisotopic (exact) mass is 474 g/mol. The minimum Gasteiger partial charge on any atom is -0.342 e. The zero-order valence-electron chi connectivity index (χ0n) is 17.4. The molecule has 4 rings (SSSR count). The first-order valence-corrected chi connectivity index (χ1v) is 12.6. The summed E-state index contributed by atoms with van der Waals surface area (Å²) in [6, 6.07) is 13.5. The second-order valence-electron chi connectivity index (χ2n) is 7.96. The van der Waals surface area contributed by atoms with Crippen molar-refractivity contribution in [2.75, 3.05) is 25.4 Å².